The van der Waals surface area contributed by atoms with E-state index in [0.29, 0.717) is 30.3 Å². The van der Waals surface area contributed by atoms with Gasteiger partial charge in [0.05, 0.1) is 24.0 Å². The molecule has 3 fully saturated rings. The van der Waals surface area contributed by atoms with Crippen LogP contribution < -0.4 is 0 Å². The third kappa shape index (κ3) is 0.878. The van der Waals surface area contributed by atoms with E-state index in [1.165, 1.54) is 0 Å². The fourth-order valence-corrected chi connectivity index (χ4v) is 4.59. The molecule has 0 aromatic carbocycles. The summed E-state index contributed by atoms with van der Waals surface area (Å²) >= 11 is 0. The first-order valence-corrected chi connectivity index (χ1v) is 6.19. The van der Waals surface area contributed by atoms with E-state index in [4.69, 9.17) is 4.74 Å². The van der Waals surface area contributed by atoms with Crippen LogP contribution in [0.25, 0.3) is 0 Å². The standard InChI is InChI=1S/C13H17NO2/c1-7-8(2)10-5-9(7)11(6-14)13(10)3-4-16-12(13)15/h7-11H,3-5H2,1-2H3. The van der Waals surface area contributed by atoms with E-state index in [9.17, 15) is 10.1 Å². The second kappa shape index (κ2) is 3.00. The number of nitriles is 1. The average Bonchev–Trinajstić information content (AvgIpc) is 2.87. The molecular formula is C13H17NO2. The van der Waals surface area contributed by atoms with Crippen molar-refractivity contribution in [3.05, 3.63) is 0 Å². The summed E-state index contributed by atoms with van der Waals surface area (Å²) in [4.78, 5) is 12.0. The number of hydrogen-bond donors (Lipinski definition) is 0. The van der Waals surface area contributed by atoms with Crippen molar-refractivity contribution in [3.8, 4) is 6.07 Å². The van der Waals surface area contributed by atoms with Gasteiger partial charge in [0.2, 0.25) is 0 Å². The number of hydrogen-bond acceptors (Lipinski definition) is 3. The minimum absolute atomic E-state index is 0.0923. The zero-order chi connectivity index (χ0) is 11.5. The van der Waals surface area contributed by atoms with Crippen molar-refractivity contribution in [2.75, 3.05) is 6.61 Å². The number of nitrogens with zero attached hydrogens (tertiary/aromatic N) is 1. The lowest BCUT2D eigenvalue weighted by Gasteiger charge is -2.40. The van der Waals surface area contributed by atoms with Crippen LogP contribution in [-0.4, -0.2) is 12.6 Å². The zero-order valence-electron chi connectivity index (χ0n) is 9.77. The quantitative estimate of drug-likeness (QED) is 0.585. The third-order valence-electron chi connectivity index (χ3n) is 5.58. The third-order valence-corrected chi connectivity index (χ3v) is 5.58. The first-order valence-electron chi connectivity index (χ1n) is 6.19. The van der Waals surface area contributed by atoms with E-state index in [1.807, 2.05) is 0 Å². The molecule has 3 heteroatoms. The highest BCUT2D eigenvalue weighted by Crippen LogP contribution is 2.66. The summed E-state index contributed by atoms with van der Waals surface area (Å²) in [5.74, 6) is 1.74. The van der Waals surface area contributed by atoms with Gasteiger partial charge in [0.25, 0.3) is 0 Å². The second-order valence-electron chi connectivity index (χ2n) is 5.76. The Morgan fingerprint density at radius 1 is 1.44 bits per heavy atom. The number of rotatable bonds is 0. The Morgan fingerprint density at radius 3 is 2.75 bits per heavy atom. The predicted molar refractivity (Wildman–Crippen MR) is 57.0 cm³/mol. The second-order valence-corrected chi connectivity index (χ2v) is 5.76. The van der Waals surface area contributed by atoms with Crippen LogP contribution in [-0.2, 0) is 9.53 Å². The van der Waals surface area contributed by atoms with E-state index in [2.05, 4.69) is 19.9 Å². The molecule has 86 valence electrons. The maximum absolute atomic E-state index is 12.0. The molecule has 1 spiro atoms. The molecule has 1 aliphatic heterocycles. The van der Waals surface area contributed by atoms with E-state index in [0.717, 1.165) is 12.8 Å². The Balaban J connectivity index is 2.07. The Bertz CT molecular complexity index is 386. The fourth-order valence-electron chi connectivity index (χ4n) is 4.59. The van der Waals surface area contributed by atoms with Gasteiger partial charge in [-0.15, -0.1) is 0 Å². The highest BCUT2D eigenvalue weighted by molar-refractivity contribution is 5.81. The molecule has 3 aliphatic rings. The SMILES string of the molecule is CC1C(C)C2CC1C(C#N)C21CCOC1=O. The summed E-state index contributed by atoms with van der Waals surface area (Å²) in [5.41, 5.74) is -0.439. The zero-order valence-corrected chi connectivity index (χ0v) is 9.77. The monoisotopic (exact) mass is 219 g/mol. The molecule has 0 aromatic heterocycles. The van der Waals surface area contributed by atoms with E-state index >= 15 is 0 Å². The topological polar surface area (TPSA) is 50.1 Å². The Morgan fingerprint density at radius 2 is 2.19 bits per heavy atom. The summed E-state index contributed by atoms with van der Waals surface area (Å²) in [7, 11) is 0. The van der Waals surface area contributed by atoms with Crippen molar-refractivity contribution >= 4 is 5.97 Å². The van der Waals surface area contributed by atoms with Crippen LogP contribution in [0.15, 0.2) is 0 Å². The molecular weight excluding hydrogens is 202 g/mol. The van der Waals surface area contributed by atoms with Crippen molar-refractivity contribution in [2.45, 2.75) is 26.7 Å². The molecule has 2 bridgehead atoms. The van der Waals surface area contributed by atoms with Crippen LogP contribution in [0.4, 0.5) is 0 Å². The molecule has 1 saturated heterocycles. The highest BCUT2D eigenvalue weighted by atomic mass is 16.5. The van der Waals surface area contributed by atoms with Crippen LogP contribution in [0.1, 0.15) is 26.7 Å². The van der Waals surface area contributed by atoms with E-state index in [1.54, 1.807) is 0 Å². The first-order chi connectivity index (χ1) is 7.63. The van der Waals surface area contributed by atoms with Gasteiger partial charge in [-0.25, -0.2) is 0 Å². The maximum Gasteiger partial charge on any atom is 0.313 e. The van der Waals surface area contributed by atoms with Gasteiger partial charge >= 0.3 is 5.97 Å². The predicted octanol–water partition coefficient (Wildman–Crippen LogP) is 1.98. The summed E-state index contributed by atoms with van der Waals surface area (Å²) < 4.78 is 5.17. The smallest absolute Gasteiger partial charge is 0.313 e. The lowest BCUT2D eigenvalue weighted by molar-refractivity contribution is -0.152. The summed E-state index contributed by atoms with van der Waals surface area (Å²) in [6, 6.07) is 2.41. The fraction of sp³-hybridized carbons (Fsp3) is 0.846. The van der Waals surface area contributed by atoms with Gasteiger partial charge in [0, 0.05) is 0 Å². The van der Waals surface area contributed by atoms with Gasteiger partial charge in [-0.3, -0.25) is 4.79 Å². The molecule has 0 aromatic rings. The van der Waals surface area contributed by atoms with Crippen LogP contribution in [0.3, 0.4) is 0 Å². The number of esters is 1. The van der Waals surface area contributed by atoms with Crippen LogP contribution in [0.5, 0.6) is 0 Å². The van der Waals surface area contributed by atoms with Crippen LogP contribution >= 0.6 is 0 Å². The van der Waals surface area contributed by atoms with Crippen LogP contribution in [0.2, 0.25) is 0 Å². The van der Waals surface area contributed by atoms with Crippen molar-refractivity contribution in [2.24, 2.45) is 35.0 Å². The molecule has 6 unspecified atom stereocenters. The summed E-state index contributed by atoms with van der Waals surface area (Å²) in [6.07, 6.45) is 1.82. The molecule has 0 amide bonds. The van der Waals surface area contributed by atoms with Gasteiger partial charge < -0.3 is 4.74 Å². The normalized spacial score (nSPS) is 54.3. The van der Waals surface area contributed by atoms with Crippen molar-refractivity contribution in [3.63, 3.8) is 0 Å². The number of cyclic esters (lactones) is 1. The van der Waals surface area contributed by atoms with Crippen molar-refractivity contribution in [1.82, 2.24) is 0 Å². The molecule has 2 saturated carbocycles. The van der Waals surface area contributed by atoms with Gasteiger partial charge in [-0.05, 0) is 36.5 Å². The highest BCUT2D eigenvalue weighted by Gasteiger charge is 2.69. The number of fused-ring (bicyclic) bond motifs is 3. The van der Waals surface area contributed by atoms with Gasteiger partial charge in [-0.1, -0.05) is 13.8 Å². The van der Waals surface area contributed by atoms with E-state index in [-0.39, 0.29) is 11.9 Å². The minimum atomic E-state index is -0.439. The molecule has 6 atom stereocenters. The maximum atomic E-state index is 12.0. The number of ether oxygens (including phenoxy) is 1. The number of carbonyl (C=O) groups is 1. The van der Waals surface area contributed by atoms with Crippen molar-refractivity contribution < 1.29 is 9.53 Å². The average molecular weight is 219 g/mol. The Kier molecular flexibility index (Phi) is 1.90. The van der Waals surface area contributed by atoms with Crippen molar-refractivity contribution in [1.29, 1.82) is 5.26 Å². The molecule has 16 heavy (non-hydrogen) atoms. The molecule has 1 heterocycles. The largest absolute Gasteiger partial charge is 0.465 e. The lowest BCUT2D eigenvalue weighted by atomic mass is 9.59. The molecule has 2 aliphatic carbocycles. The van der Waals surface area contributed by atoms with Gasteiger partial charge in [-0.2, -0.15) is 5.26 Å². The van der Waals surface area contributed by atoms with Crippen LogP contribution in [0, 0.1) is 46.3 Å². The molecule has 0 N–H and O–H groups in total. The summed E-state index contributed by atoms with van der Waals surface area (Å²) in [6.45, 7) is 4.98. The Hall–Kier alpha value is -1.04. The Labute approximate surface area is 95.8 Å². The molecule has 0 radical (unpaired) electrons. The number of carbonyl (C=O) groups excluding carboxylic acids is 1. The minimum Gasteiger partial charge on any atom is -0.465 e. The van der Waals surface area contributed by atoms with E-state index < -0.39 is 5.41 Å². The van der Waals surface area contributed by atoms with Gasteiger partial charge in [0.1, 0.15) is 0 Å². The molecule has 3 rings (SSSR count). The van der Waals surface area contributed by atoms with Gasteiger partial charge in [0.15, 0.2) is 0 Å². The first kappa shape index (κ1) is 10.1. The lowest BCUT2D eigenvalue weighted by Crippen LogP contribution is -2.45. The molecule has 3 nitrogen and oxygen atoms in total. The summed E-state index contributed by atoms with van der Waals surface area (Å²) in [5, 5.41) is 9.38.